The Morgan fingerprint density at radius 1 is 1.03 bits per heavy atom. The first-order valence-corrected chi connectivity index (χ1v) is 14.7. The summed E-state index contributed by atoms with van der Waals surface area (Å²) in [6.45, 7) is 1.85. The molecule has 3 heterocycles. The van der Waals surface area contributed by atoms with Gasteiger partial charge in [-0.2, -0.15) is 0 Å². The van der Waals surface area contributed by atoms with Crippen LogP contribution < -0.4 is 10.6 Å². The summed E-state index contributed by atoms with van der Waals surface area (Å²) in [6, 6.07) is 18.3. The van der Waals surface area contributed by atoms with Crippen molar-refractivity contribution < 1.29 is 9.59 Å². The van der Waals surface area contributed by atoms with Crippen LogP contribution in [0, 0.1) is 0 Å². The number of amides is 2. The number of nitrogens with zero attached hydrogens (tertiary/aromatic N) is 5. The van der Waals surface area contributed by atoms with Crippen molar-refractivity contribution in [2.75, 3.05) is 17.8 Å². The van der Waals surface area contributed by atoms with Gasteiger partial charge in [-0.1, -0.05) is 48.2 Å². The van der Waals surface area contributed by atoms with Crippen LogP contribution in [0.5, 0.6) is 0 Å². The third-order valence-electron chi connectivity index (χ3n) is 7.21. The first-order chi connectivity index (χ1) is 18.9. The molecular formula is C29H27N5O3S2. The quantitative estimate of drug-likeness (QED) is 0.262. The topological polar surface area (TPSA) is 87.9 Å². The number of anilines is 1. The third-order valence-corrected chi connectivity index (χ3v) is 9.40. The van der Waals surface area contributed by atoms with E-state index in [0.717, 1.165) is 31.2 Å². The zero-order chi connectivity index (χ0) is 27.1. The van der Waals surface area contributed by atoms with Crippen molar-refractivity contribution >= 4 is 56.5 Å². The maximum absolute atomic E-state index is 13.7. The Hall–Kier alpha value is -3.60. The van der Waals surface area contributed by atoms with Crippen LogP contribution in [0.3, 0.4) is 0 Å². The number of aliphatic imine (C=N–C) groups is 1. The summed E-state index contributed by atoms with van der Waals surface area (Å²) in [5, 5.41) is 3.76. The molecule has 2 aromatic carbocycles. The van der Waals surface area contributed by atoms with Crippen LogP contribution >= 0.6 is 23.1 Å². The van der Waals surface area contributed by atoms with Gasteiger partial charge in [0, 0.05) is 11.9 Å². The average Bonchev–Trinajstić information content (AvgIpc) is 3.43. The molecular weight excluding hydrogens is 530 g/mol. The number of para-hydroxylation sites is 2. The standard InChI is InChI=1S/C29H27N5O3S2/c1-18-24(27(36)34(32(18)2)20-13-7-4-8-14-20)30-23(35)17-38-29-31-25-21-15-9-10-16-22(21)39-26(25)28(37)33(29)19-11-5-3-6-12-19/h3-8,11-14,18H,9-10,15-17H2,1-2H3. The minimum Gasteiger partial charge on any atom is -0.272 e. The molecule has 2 aromatic heterocycles. The van der Waals surface area contributed by atoms with Crippen LogP contribution in [0.15, 0.2) is 75.6 Å². The molecule has 1 aliphatic heterocycles. The van der Waals surface area contributed by atoms with Gasteiger partial charge in [0.1, 0.15) is 10.4 Å². The van der Waals surface area contributed by atoms with Crippen molar-refractivity contribution in [2.24, 2.45) is 4.99 Å². The molecule has 4 aromatic rings. The second kappa shape index (κ2) is 10.5. The SMILES string of the molecule is CC1C(=NC(=O)CSc2nc3c4c(sc3c(=O)n2-c2ccccc2)CCCC4)C(=O)N(c2ccccc2)N1C. The summed E-state index contributed by atoms with van der Waals surface area (Å²) < 4.78 is 2.25. The second-order valence-electron chi connectivity index (χ2n) is 9.64. The lowest BCUT2D eigenvalue weighted by molar-refractivity contribution is -0.116. The number of rotatable bonds is 5. The van der Waals surface area contributed by atoms with Crippen molar-refractivity contribution in [1.29, 1.82) is 0 Å². The minimum atomic E-state index is -0.445. The maximum atomic E-state index is 13.7. The van der Waals surface area contributed by atoms with Crippen LogP contribution in [0.25, 0.3) is 15.9 Å². The van der Waals surface area contributed by atoms with Crippen molar-refractivity contribution in [3.8, 4) is 5.69 Å². The lowest BCUT2D eigenvalue weighted by atomic mass is 9.98. The molecule has 1 fully saturated rings. The van der Waals surface area contributed by atoms with E-state index in [1.807, 2.05) is 67.6 Å². The Morgan fingerprint density at radius 3 is 2.41 bits per heavy atom. The summed E-state index contributed by atoms with van der Waals surface area (Å²) in [5.74, 6) is -0.810. The largest absolute Gasteiger partial charge is 0.289 e. The molecule has 1 atom stereocenters. The number of carbonyl (C=O) groups is 2. The van der Waals surface area contributed by atoms with Crippen molar-refractivity contribution in [3.05, 3.63) is 81.5 Å². The Bertz CT molecular complexity index is 1660. The number of hydrogen-bond acceptors (Lipinski definition) is 7. The number of hydrazine groups is 1. The van der Waals surface area contributed by atoms with Gasteiger partial charge in [0.25, 0.3) is 17.4 Å². The number of carbonyl (C=O) groups excluding carboxylic acids is 2. The molecule has 1 unspecified atom stereocenters. The van der Waals surface area contributed by atoms with Gasteiger partial charge < -0.3 is 0 Å². The Labute approximate surface area is 234 Å². The molecule has 39 heavy (non-hydrogen) atoms. The predicted octanol–water partition coefficient (Wildman–Crippen LogP) is 4.67. The molecule has 2 aliphatic rings. The van der Waals surface area contributed by atoms with Crippen LogP contribution in [-0.2, 0) is 22.4 Å². The summed E-state index contributed by atoms with van der Waals surface area (Å²) in [7, 11) is 1.80. The van der Waals surface area contributed by atoms with Gasteiger partial charge in [-0.25, -0.2) is 20.0 Å². The van der Waals surface area contributed by atoms with E-state index in [4.69, 9.17) is 4.98 Å². The van der Waals surface area contributed by atoms with E-state index in [2.05, 4.69) is 4.99 Å². The maximum Gasteiger partial charge on any atom is 0.289 e. The molecule has 0 bridgehead atoms. The van der Waals surface area contributed by atoms with Crippen molar-refractivity contribution in [2.45, 2.75) is 43.8 Å². The van der Waals surface area contributed by atoms with E-state index in [0.29, 0.717) is 21.2 Å². The summed E-state index contributed by atoms with van der Waals surface area (Å²) in [6.07, 6.45) is 4.10. The smallest absolute Gasteiger partial charge is 0.272 e. The molecule has 1 aliphatic carbocycles. The Morgan fingerprint density at radius 2 is 1.69 bits per heavy atom. The van der Waals surface area contributed by atoms with Gasteiger partial charge in [-0.15, -0.1) is 11.3 Å². The molecule has 8 nitrogen and oxygen atoms in total. The predicted molar refractivity (Wildman–Crippen MR) is 156 cm³/mol. The molecule has 198 valence electrons. The monoisotopic (exact) mass is 557 g/mol. The zero-order valence-corrected chi connectivity index (χ0v) is 23.3. The van der Waals surface area contributed by atoms with E-state index in [-0.39, 0.29) is 29.0 Å². The Kier molecular flexibility index (Phi) is 6.92. The highest BCUT2D eigenvalue weighted by molar-refractivity contribution is 7.99. The van der Waals surface area contributed by atoms with Crippen LogP contribution in [0.2, 0.25) is 0 Å². The number of thiophene rings is 1. The second-order valence-corrected chi connectivity index (χ2v) is 11.7. The van der Waals surface area contributed by atoms with Crippen LogP contribution in [0.1, 0.15) is 30.2 Å². The first kappa shape index (κ1) is 25.7. The number of aromatic nitrogens is 2. The third kappa shape index (κ3) is 4.62. The van der Waals surface area contributed by atoms with Gasteiger partial charge in [0.2, 0.25) is 0 Å². The molecule has 0 saturated carbocycles. The lowest BCUT2D eigenvalue weighted by Crippen LogP contribution is -2.38. The number of fused-ring (bicyclic) bond motifs is 3. The van der Waals surface area contributed by atoms with Gasteiger partial charge >= 0.3 is 0 Å². The van der Waals surface area contributed by atoms with Gasteiger partial charge in [0.05, 0.1) is 28.7 Å². The molecule has 10 heteroatoms. The molecule has 6 rings (SSSR count). The zero-order valence-electron chi connectivity index (χ0n) is 21.7. The summed E-state index contributed by atoms with van der Waals surface area (Å²) >= 11 is 2.73. The highest BCUT2D eigenvalue weighted by atomic mass is 32.2. The minimum absolute atomic E-state index is 0.0460. The van der Waals surface area contributed by atoms with E-state index in [9.17, 15) is 14.4 Å². The van der Waals surface area contributed by atoms with Gasteiger partial charge in [-0.05, 0) is 62.4 Å². The van der Waals surface area contributed by atoms with E-state index >= 15 is 0 Å². The molecule has 1 saturated heterocycles. The molecule has 0 spiro atoms. The molecule has 0 N–H and O–H groups in total. The van der Waals surface area contributed by atoms with E-state index in [1.165, 1.54) is 27.2 Å². The molecule has 0 radical (unpaired) electrons. The van der Waals surface area contributed by atoms with Gasteiger partial charge in [0.15, 0.2) is 5.16 Å². The number of aryl methyl sites for hydroxylation is 2. The van der Waals surface area contributed by atoms with Crippen molar-refractivity contribution in [3.63, 3.8) is 0 Å². The van der Waals surface area contributed by atoms with Crippen LogP contribution in [-0.4, -0.2) is 50.9 Å². The highest BCUT2D eigenvalue weighted by Crippen LogP contribution is 2.35. The van der Waals surface area contributed by atoms with Crippen molar-refractivity contribution in [1.82, 2.24) is 14.6 Å². The molecule has 2 amide bonds. The lowest BCUT2D eigenvalue weighted by Gasteiger charge is -2.25. The fourth-order valence-electron chi connectivity index (χ4n) is 5.13. The fraction of sp³-hybridized carbons (Fsp3) is 0.276. The van der Waals surface area contributed by atoms with E-state index in [1.54, 1.807) is 28.0 Å². The Balaban J connectivity index is 1.32. The van der Waals surface area contributed by atoms with Crippen LogP contribution in [0.4, 0.5) is 5.69 Å². The summed E-state index contributed by atoms with van der Waals surface area (Å²) in [4.78, 5) is 50.4. The fourth-order valence-corrected chi connectivity index (χ4v) is 7.18. The van der Waals surface area contributed by atoms with E-state index < -0.39 is 5.91 Å². The number of hydrogen-bond donors (Lipinski definition) is 0. The first-order valence-electron chi connectivity index (χ1n) is 12.9. The number of benzene rings is 2. The average molecular weight is 558 g/mol. The number of thioether (sulfide) groups is 1. The normalized spacial score (nSPS) is 18.7. The van der Waals surface area contributed by atoms with Gasteiger partial charge in [-0.3, -0.25) is 19.0 Å². The summed E-state index contributed by atoms with van der Waals surface area (Å²) in [5.41, 5.74) is 3.42. The highest BCUT2D eigenvalue weighted by Gasteiger charge is 2.40.